The highest BCUT2D eigenvalue weighted by molar-refractivity contribution is 5.91. The van der Waals surface area contributed by atoms with Crippen LogP contribution in [0.5, 0.6) is 5.88 Å². The molecule has 0 atom stereocenters. The Morgan fingerprint density at radius 1 is 1.62 bits per heavy atom. The molecule has 0 unspecified atom stereocenters. The number of hydrogen-bond acceptors (Lipinski definition) is 3. The van der Waals surface area contributed by atoms with Gasteiger partial charge in [0, 0.05) is 5.69 Å². The van der Waals surface area contributed by atoms with Crippen molar-refractivity contribution in [3.8, 4) is 5.88 Å². The van der Waals surface area contributed by atoms with Gasteiger partial charge in [-0.15, -0.1) is 6.58 Å². The molecule has 16 heavy (non-hydrogen) atoms. The third kappa shape index (κ3) is 2.82. The fourth-order valence-corrected chi connectivity index (χ4v) is 1.41. The maximum Gasteiger partial charge on any atom is 0.341 e. The van der Waals surface area contributed by atoms with E-state index < -0.39 is 5.97 Å². The monoisotopic (exact) mass is 221 g/mol. The van der Waals surface area contributed by atoms with E-state index in [1.807, 2.05) is 0 Å². The molecule has 0 saturated carbocycles. The third-order valence-corrected chi connectivity index (χ3v) is 2.09. The number of hydrogen-bond donors (Lipinski definition) is 1. The van der Waals surface area contributed by atoms with Crippen LogP contribution in [0.3, 0.4) is 0 Å². The van der Waals surface area contributed by atoms with Crippen molar-refractivity contribution in [2.45, 2.75) is 20.3 Å². The number of aryl methyl sites for hydroxylation is 2. The lowest BCUT2D eigenvalue weighted by Crippen LogP contribution is -2.09. The Kier molecular flexibility index (Phi) is 4.05. The Balaban J connectivity index is 3.03. The lowest BCUT2D eigenvalue weighted by atomic mass is 10.1. The minimum absolute atomic E-state index is 0.134. The Hall–Kier alpha value is -1.84. The van der Waals surface area contributed by atoms with Crippen LogP contribution in [0.2, 0.25) is 0 Å². The molecule has 0 aliphatic carbocycles. The highest BCUT2D eigenvalue weighted by Crippen LogP contribution is 2.21. The fraction of sp³-hybridized carbons (Fsp3) is 0.333. The second kappa shape index (κ2) is 5.30. The Labute approximate surface area is 94.6 Å². The molecule has 1 heterocycles. The van der Waals surface area contributed by atoms with Crippen molar-refractivity contribution >= 4 is 5.97 Å². The molecule has 86 valence electrons. The fourth-order valence-electron chi connectivity index (χ4n) is 1.41. The van der Waals surface area contributed by atoms with Crippen LogP contribution in [0, 0.1) is 13.8 Å². The molecule has 0 spiro atoms. The van der Waals surface area contributed by atoms with Crippen LogP contribution >= 0.6 is 0 Å². The molecule has 0 bridgehead atoms. The molecule has 0 fully saturated rings. The maximum atomic E-state index is 11.0. The lowest BCUT2D eigenvalue weighted by molar-refractivity contribution is 0.0690. The van der Waals surface area contributed by atoms with Gasteiger partial charge in [0.15, 0.2) is 0 Å². The number of rotatable bonds is 5. The SMILES string of the molecule is C=CCCOc1nc(C)cc(C)c1C(=O)O. The van der Waals surface area contributed by atoms with Crippen molar-refractivity contribution in [2.24, 2.45) is 0 Å². The quantitative estimate of drug-likeness (QED) is 0.612. The highest BCUT2D eigenvalue weighted by atomic mass is 16.5. The summed E-state index contributed by atoms with van der Waals surface area (Å²) in [5, 5.41) is 9.05. The van der Waals surface area contributed by atoms with E-state index in [-0.39, 0.29) is 11.4 Å². The summed E-state index contributed by atoms with van der Waals surface area (Å²) in [5.74, 6) is -0.828. The molecule has 0 aliphatic rings. The number of nitrogens with zero attached hydrogens (tertiary/aromatic N) is 1. The number of aromatic carboxylic acids is 1. The molecule has 4 heteroatoms. The van der Waals surface area contributed by atoms with Gasteiger partial charge in [0.25, 0.3) is 0 Å². The van der Waals surface area contributed by atoms with E-state index in [1.54, 1.807) is 26.0 Å². The average Bonchev–Trinajstić information content (AvgIpc) is 2.16. The van der Waals surface area contributed by atoms with E-state index in [0.717, 1.165) is 5.69 Å². The minimum atomic E-state index is -1.02. The Morgan fingerprint density at radius 3 is 2.88 bits per heavy atom. The van der Waals surface area contributed by atoms with Crippen molar-refractivity contribution in [2.75, 3.05) is 6.61 Å². The molecular weight excluding hydrogens is 206 g/mol. The van der Waals surface area contributed by atoms with E-state index in [9.17, 15) is 4.79 Å². The first kappa shape index (κ1) is 12.2. The average molecular weight is 221 g/mol. The molecular formula is C12H15NO3. The summed E-state index contributed by atoms with van der Waals surface area (Å²) < 4.78 is 5.34. The molecule has 0 aliphatic heterocycles. The van der Waals surface area contributed by atoms with Crippen LogP contribution in [0.25, 0.3) is 0 Å². The zero-order valence-electron chi connectivity index (χ0n) is 9.49. The highest BCUT2D eigenvalue weighted by Gasteiger charge is 2.16. The summed E-state index contributed by atoms with van der Waals surface area (Å²) in [5.41, 5.74) is 1.54. The second-order valence-electron chi connectivity index (χ2n) is 3.49. The largest absolute Gasteiger partial charge is 0.477 e. The molecule has 1 aromatic rings. The van der Waals surface area contributed by atoms with Crippen molar-refractivity contribution in [1.29, 1.82) is 0 Å². The standard InChI is InChI=1S/C12H15NO3/c1-4-5-6-16-11-10(12(14)15)8(2)7-9(3)13-11/h4,7H,1,5-6H2,2-3H3,(H,14,15). The van der Waals surface area contributed by atoms with Crippen LogP contribution in [0.1, 0.15) is 28.0 Å². The zero-order valence-corrected chi connectivity index (χ0v) is 9.49. The van der Waals surface area contributed by atoms with Gasteiger partial charge in [-0.1, -0.05) is 6.08 Å². The molecule has 1 aromatic heterocycles. The summed E-state index contributed by atoms with van der Waals surface area (Å²) in [6.07, 6.45) is 2.37. The predicted molar refractivity (Wildman–Crippen MR) is 61.0 cm³/mol. The third-order valence-electron chi connectivity index (χ3n) is 2.09. The van der Waals surface area contributed by atoms with E-state index in [2.05, 4.69) is 11.6 Å². The van der Waals surface area contributed by atoms with Crippen molar-refractivity contribution < 1.29 is 14.6 Å². The first-order valence-electron chi connectivity index (χ1n) is 5.01. The van der Waals surface area contributed by atoms with Crippen molar-refractivity contribution in [3.05, 3.63) is 35.5 Å². The molecule has 0 radical (unpaired) electrons. The molecule has 0 aromatic carbocycles. The maximum absolute atomic E-state index is 11.0. The number of ether oxygens (including phenoxy) is 1. The van der Waals surface area contributed by atoms with Crippen LogP contribution in [0.4, 0.5) is 0 Å². The number of aromatic nitrogens is 1. The molecule has 0 amide bonds. The summed E-state index contributed by atoms with van der Waals surface area (Å²) >= 11 is 0. The van der Waals surface area contributed by atoms with E-state index in [4.69, 9.17) is 9.84 Å². The van der Waals surface area contributed by atoms with Gasteiger partial charge in [0.1, 0.15) is 5.56 Å². The molecule has 1 N–H and O–H groups in total. The van der Waals surface area contributed by atoms with E-state index in [0.29, 0.717) is 18.6 Å². The summed E-state index contributed by atoms with van der Waals surface area (Å²) in [7, 11) is 0. The predicted octanol–water partition coefficient (Wildman–Crippen LogP) is 2.35. The van der Waals surface area contributed by atoms with Gasteiger partial charge in [0.2, 0.25) is 5.88 Å². The lowest BCUT2D eigenvalue weighted by Gasteiger charge is -2.10. The molecule has 4 nitrogen and oxygen atoms in total. The van der Waals surface area contributed by atoms with Crippen molar-refractivity contribution in [1.82, 2.24) is 4.98 Å². The van der Waals surface area contributed by atoms with Gasteiger partial charge < -0.3 is 9.84 Å². The number of carbonyl (C=O) groups is 1. The van der Waals surface area contributed by atoms with Crippen LogP contribution in [0.15, 0.2) is 18.7 Å². The van der Waals surface area contributed by atoms with E-state index >= 15 is 0 Å². The normalized spacial score (nSPS) is 9.88. The summed E-state index contributed by atoms with van der Waals surface area (Å²) in [4.78, 5) is 15.1. The van der Waals surface area contributed by atoms with Gasteiger partial charge in [-0.25, -0.2) is 9.78 Å². The van der Waals surface area contributed by atoms with Gasteiger partial charge >= 0.3 is 5.97 Å². The summed E-state index contributed by atoms with van der Waals surface area (Å²) in [6.45, 7) is 7.50. The minimum Gasteiger partial charge on any atom is -0.477 e. The number of carboxylic acid groups (broad SMARTS) is 1. The van der Waals surface area contributed by atoms with Gasteiger partial charge in [-0.3, -0.25) is 0 Å². The van der Waals surface area contributed by atoms with Gasteiger partial charge in [-0.2, -0.15) is 0 Å². The number of pyridine rings is 1. The van der Waals surface area contributed by atoms with Gasteiger partial charge in [0.05, 0.1) is 6.61 Å². The Morgan fingerprint density at radius 2 is 2.31 bits per heavy atom. The van der Waals surface area contributed by atoms with Crippen LogP contribution in [-0.2, 0) is 0 Å². The van der Waals surface area contributed by atoms with Crippen molar-refractivity contribution in [3.63, 3.8) is 0 Å². The topological polar surface area (TPSA) is 59.4 Å². The van der Waals surface area contributed by atoms with Crippen LogP contribution in [-0.4, -0.2) is 22.7 Å². The van der Waals surface area contributed by atoms with E-state index in [1.165, 1.54) is 0 Å². The first-order chi connectivity index (χ1) is 7.56. The summed E-state index contributed by atoms with van der Waals surface area (Å²) in [6, 6.07) is 1.73. The Bertz CT molecular complexity index is 413. The van der Waals surface area contributed by atoms with Crippen LogP contribution < -0.4 is 4.74 Å². The van der Waals surface area contributed by atoms with Gasteiger partial charge in [-0.05, 0) is 31.9 Å². The molecule has 1 rings (SSSR count). The number of carboxylic acids is 1. The second-order valence-corrected chi connectivity index (χ2v) is 3.49. The first-order valence-corrected chi connectivity index (χ1v) is 5.01. The molecule has 0 saturated heterocycles. The smallest absolute Gasteiger partial charge is 0.341 e. The zero-order chi connectivity index (χ0) is 12.1.